The van der Waals surface area contributed by atoms with Crippen molar-refractivity contribution in [3.8, 4) is 0 Å². The highest BCUT2D eigenvalue weighted by molar-refractivity contribution is 4.82. The maximum Gasteiger partial charge on any atom is 0.00925 e. The fourth-order valence-electron chi connectivity index (χ4n) is 2.58. The highest BCUT2D eigenvalue weighted by Gasteiger charge is 2.27. The van der Waals surface area contributed by atoms with Gasteiger partial charge in [0.25, 0.3) is 0 Å². The third kappa shape index (κ3) is 4.06. The Morgan fingerprint density at radius 1 is 1.31 bits per heavy atom. The maximum atomic E-state index is 3.55. The topological polar surface area (TPSA) is 15.3 Å². The molecular formula is C14H30N2. The van der Waals surface area contributed by atoms with Gasteiger partial charge in [0, 0.05) is 12.6 Å². The molecule has 96 valence electrons. The SMILES string of the molecule is CCCNCC1CCN(C(C)C(C)CC)C1. The monoisotopic (exact) mass is 226 g/mol. The van der Waals surface area contributed by atoms with Crippen LogP contribution in [0.25, 0.3) is 0 Å². The largest absolute Gasteiger partial charge is 0.316 e. The summed E-state index contributed by atoms with van der Waals surface area (Å²) in [4.78, 5) is 2.69. The lowest BCUT2D eigenvalue weighted by Crippen LogP contribution is -2.36. The van der Waals surface area contributed by atoms with Crippen LogP contribution in [0.3, 0.4) is 0 Å². The molecule has 2 nitrogen and oxygen atoms in total. The van der Waals surface area contributed by atoms with Crippen molar-refractivity contribution < 1.29 is 0 Å². The number of likely N-dealkylation sites (tertiary alicyclic amines) is 1. The van der Waals surface area contributed by atoms with Crippen molar-refractivity contribution in [2.75, 3.05) is 26.2 Å². The fraction of sp³-hybridized carbons (Fsp3) is 1.00. The van der Waals surface area contributed by atoms with E-state index < -0.39 is 0 Å². The Morgan fingerprint density at radius 2 is 2.06 bits per heavy atom. The normalized spacial score (nSPS) is 25.9. The molecule has 0 aromatic rings. The van der Waals surface area contributed by atoms with Crippen molar-refractivity contribution in [1.82, 2.24) is 10.2 Å². The Labute approximate surface area is 102 Å². The molecule has 1 rings (SSSR count). The first kappa shape index (κ1) is 14.0. The summed E-state index contributed by atoms with van der Waals surface area (Å²) < 4.78 is 0. The van der Waals surface area contributed by atoms with Gasteiger partial charge in [0.1, 0.15) is 0 Å². The van der Waals surface area contributed by atoms with E-state index in [0.29, 0.717) is 0 Å². The van der Waals surface area contributed by atoms with Gasteiger partial charge in [-0.2, -0.15) is 0 Å². The Bertz CT molecular complexity index is 182. The molecule has 1 heterocycles. The van der Waals surface area contributed by atoms with Crippen LogP contribution in [-0.4, -0.2) is 37.1 Å². The second-order valence-corrected chi connectivity index (χ2v) is 5.48. The smallest absolute Gasteiger partial charge is 0.00925 e. The van der Waals surface area contributed by atoms with Crippen LogP contribution in [0.4, 0.5) is 0 Å². The van der Waals surface area contributed by atoms with E-state index in [-0.39, 0.29) is 0 Å². The zero-order valence-electron chi connectivity index (χ0n) is 11.6. The summed E-state index contributed by atoms with van der Waals surface area (Å²) in [5.74, 6) is 1.72. The first-order chi connectivity index (χ1) is 7.69. The summed E-state index contributed by atoms with van der Waals surface area (Å²) in [6, 6.07) is 0.765. The fourth-order valence-corrected chi connectivity index (χ4v) is 2.58. The molecule has 3 atom stereocenters. The van der Waals surface area contributed by atoms with E-state index in [0.717, 1.165) is 17.9 Å². The summed E-state index contributed by atoms with van der Waals surface area (Å²) in [5.41, 5.74) is 0. The molecule has 0 aliphatic carbocycles. The summed E-state index contributed by atoms with van der Waals surface area (Å²) >= 11 is 0. The zero-order valence-corrected chi connectivity index (χ0v) is 11.6. The van der Waals surface area contributed by atoms with Gasteiger partial charge in [0.2, 0.25) is 0 Å². The zero-order chi connectivity index (χ0) is 12.0. The lowest BCUT2D eigenvalue weighted by molar-refractivity contribution is 0.188. The molecule has 0 bridgehead atoms. The molecule has 1 aliphatic rings. The van der Waals surface area contributed by atoms with Crippen LogP contribution in [0, 0.1) is 11.8 Å². The molecule has 1 saturated heterocycles. The van der Waals surface area contributed by atoms with Gasteiger partial charge in [-0.15, -0.1) is 0 Å². The van der Waals surface area contributed by atoms with Crippen LogP contribution in [0.2, 0.25) is 0 Å². The molecule has 0 amide bonds. The van der Waals surface area contributed by atoms with Crippen molar-refractivity contribution in [2.24, 2.45) is 11.8 Å². The van der Waals surface area contributed by atoms with E-state index in [4.69, 9.17) is 0 Å². The van der Waals surface area contributed by atoms with E-state index in [1.807, 2.05) is 0 Å². The molecule has 0 spiro atoms. The first-order valence-electron chi connectivity index (χ1n) is 7.13. The molecule has 16 heavy (non-hydrogen) atoms. The molecule has 0 aromatic heterocycles. The first-order valence-corrected chi connectivity index (χ1v) is 7.13. The molecule has 3 unspecified atom stereocenters. The van der Waals surface area contributed by atoms with Gasteiger partial charge in [-0.05, 0) is 51.2 Å². The minimum atomic E-state index is 0.765. The predicted octanol–water partition coefficient (Wildman–Crippen LogP) is 2.74. The minimum Gasteiger partial charge on any atom is -0.316 e. The predicted molar refractivity (Wildman–Crippen MR) is 71.8 cm³/mol. The number of hydrogen-bond donors (Lipinski definition) is 1. The Balaban J connectivity index is 2.23. The van der Waals surface area contributed by atoms with Gasteiger partial charge in [-0.1, -0.05) is 27.2 Å². The summed E-state index contributed by atoms with van der Waals surface area (Å²) in [5, 5.41) is 3.55. The average molecular weight is 226 g/mol. The van der Waals surface area contributed by atoms with Crippen LogP contribution in [0.15, 0.2) is 0 Å². The van der Waals surface area contributed by atoms with Crippen molar-refractivity contribution in [2.45, 2.75) is 53.0 Å². The molecule has 2 heteroatoms. The molecule has 1 N–H and O–H groups in total. The minimum absolute atomic E-state index is 0.765. The second-order valence-electron chi connectivity index (χ2n) is 5.48. The quantitative estimate of drug-likeness (QED) is 0.672. The van der Waals surface area contributed by atoms with Gasteiger partial charge in [-0.25, -0.2) is 0 Å². The van der Waals surface area contributed by atoms with Crippen LogP contribution in [-0.2, 0) is 0 Å². The average Bonchev–Trinajstić information content (AvgIpc) is 2.76. The third-order valence-electron chi connectivity index (χ3n) is 4.22. The van der Waals surface area contributed by atoms with Gasteiger partial charge in [0.05, 0.1) is 0 Å². The molecule has 1 fully saturated rings. The lowest BCUT2D eigenvalue weighted by atomic mass is 10.00. The van der Waals surface area contributed by atoms with Crippen LogP contribution >= 0.6 is 0 Å². The van der Waals surface area contributed by atoms with Gasteiger partial charge >= 0.3 is 0 Å². The van der Waals surface area contributed by atoms with Crippen molar-refractivity contribution >= 4 is 0 Å². The lowest BCUT2D eigenvalue weighted by Gasteiger charge is -2.29. The van der Waals surface area contributed by atoms with Crippen LogP contribution < -0.4 is 5.32 Å². The highest BCUT2D eigenvalue weighted by atomic mass is 15.2. The van der Waals surface area contributed by atoms with Crippen molar-refractivity contribution in [3.63, 3.8) is 0 Å². The van der Waals surface area contributed by atoms with E-state index in [1.165, 1.54) is 45.4 Å². The standard InChI is InChI=1S/C14H30N2/c1-5-8-15-10-14-7-9-16(11-14)13(4)12(3)6-2/h12-15H,5-11H2,1-4H3. The maximum absolute atomic E-state index is 3.55. The van der Waals surface area contributed by atoms with Crippen molar-refractivity contribution in [1.29, 1.82) is 0 Å². The second kappa shape index (κ2) is 7.29. The van der Waals surface area contributed by atoms with Gasteiger partial charge in [-0.3, -0.25) is 0 Å². The van der Waals surface area contributed by atoms with E-state index in [1.54, 1.807) is 0 Å². The van der Waals surface area contributed by atoms with E-state index >= 15 is 0 Å². The van der Waals surface area contributed by atoms with E-state index in [2.05, 4.69) is 37.9 Å². The molecule has 0 aromatic carbocycles. The number of nitrogens with zero attached hydrogens (tertiary/aromatic N) is 1. The number of hydrogen-bond acceptors (Lipinski definition) is 2. The molecular weight excluding hydrogens is 196 g/mol. The summed E-state index contributed by atoms with van der Waals surface area (Å²) in [6.07, 6.45) is 3.94. The van der Waals surface area contributed by atoms with Gasteiger partial charge in [0.15, 0.2) is 0 Å². The van der Waals surface area contributed by atoms with E-state index in [9.17, 15) is 0 Å². The Hall–Kier alpha value is -0.0800. The van der Waals surface area contributed by atoms with Crippen LogP contribution in [0.5, 0.6) is 0 Å². The highest BCUT2D eigenvalue weighted by Crippen LogP contribution is 2.22. The van der Waals surface area contributed by atoms with Crippen molar-refractivity contribution in [3.05, 3.63) is 0 Å². The molecule has 0 radical (unpaired) electrons. The number of rotatable bonds is 7. The number of nitrogens with one attached hydrogen (secondary N) is 1. The Kier molecular flexibility index (Phi) is 6.37. The Morgan fingerprint density at radius 3 is 2.69 bits per heavy atom. The third-order valence-corrected chi connectivity index (χ3v) is 4.22. The molecule has 0 saturated carbocycles. The summed E-state index contributed by atoms with van der Waals surface area (Å²) in [7, 11) is 0. The molecule has 1 aliphatic heterocycles. The van der Waals surface area contributed by atoms with Gasteiger partial charge < -0.3 is 10.2 Å². The summed E-state index contributed by atoms with van der Waals surface area (Å²) in [6.45, 7) is 14.3. The van der Waals surface area contributed by atoms with Crippen LogP contribution in [0.1, 0.15) is 47.0 Å².